The molecule has 2 N–H and O–H groups in total. The van der Waals surface area contributed by atoms with Crippen LogP contribution in [0.3, 0.4) is 0 Å². The molecule has 1 saturated carbocycles. The first-order valence-electron chi connectivity index (χ1n) is 10.8. The van der Waals surface area contributed by atoms with Crippen molar-refractivity contribution < 1.29 is 9.18 Å². The van der Waals surface area contributed by atoms with Crippen LogP contribution < -0.4 is 5.73 Å². The van der Waals surface area contributed by atoms with Crippen molar-refractivity contribution in [3.63, 3.8) is 0 Å². The second-order valence-electron chi connectivity index (χ2n) is 8.64. The van der Waals surface area contributed by atoms with E-state index in [1.54, 1.807) is 12.1 Å². The van der Waals surface area contributed by atoms with Gasteiger partial charge in [0.05, 0.1) is 12.1 Å². The van der Waals surface area contributed by atoms with E-state index in [-0.39, 0.29) is 11.6 Å². The minimum absolute atomic E-state index is 0.220. The number of hydrogen-bond acceptors (Lipinski definition) is 4. The summed E-state index contributed by atoms with van der Waals surface area (Å²) in [4.78, 5) is 18.3. The average Bonchev–Trinajstić information content (AvgIpc) is 3.59. The number of ketones is 1. The van der Waals surface area contributed by atoms with Crippen LogP contribution >= 0.6 is 11.8 Å². The number of benzene rings is 2. The maximum Gasteiger partial charge on any atom is 0.161 e. The Balaban J connectivity index is 1.75. The van der Waals surface area contributed by atoms with E-state index in [0.717, 1.165) is 39.2 Å². The van der Waals surface area contributed by atoms with E-state index < -0.39 is 0 Å². The molecule has 1 fully saturated rings. The molecule has 0 aromatic heterocycles. The Bertz CT molecular complexity index is 1180. The third-order valence-corrected chi connectivity index (χ3v) is 7.75. The highest BCUT2D eigenvalue weighted by atomic mass is 32.2. The Morgan fingerprint density at radius 2 is 1.97 bits per heavy atom. The lowest BCUT2D eigenvalue weighted by atomic mass is 9.78. The third kappa shape index (κ3) is 3.45. The van der Waals surface area contributed by atoms with Crippen LogP contribution in [0.15, 0.2) is 41.4 Å². The molecule has 5 rings (SSSR count). The van der Waals surface area contributed by atoms with Crippen molar-refractivity contribution in [2.45, 2.75) is 38.5 Å². The minimum atomic E-state index is -0.325. The summed E-state index contributed by atoms with van der Waals surface area (Å²) in [6.07, 6.45) is 5.44. The van der Waals surface area contributed by atoms with Gasteiger partial charge in [-0.1, -0.05) is 36.5 Å². The molecule has 1 unspecified atom stereocenters. The Morgan fingerprint density at radius 1 is 1.19 bits per heavy atom. The quantitative estimate of drug-likeness (QED) is 0.574. The maximum absolute atomic E-state index is 15.0. The molecule has 3 nitrogen and oxygen atoms in total. The summed E-state index contributed by atoms with van der Waals surface area (Å²) in [5.74, 6) is 0.819. The van der Waals surface area contributed by atoms with E-state index in [2.05, 4.69) is 24.6 Å². The minimum Gasteiger partial charge on any atom is -0.398 e. The van der Waals surface area contributed by atoms with E-state index in [1.807, 2.05) is 11.6 Å². The number of fused-ring (bicyclic) bond motifs is 2. The SMILES string of the molecule is C=Cc1cc(-c2ccc3c(c2C)C(C2CC2)CCC(=O)C2=C3SC=NC2)c(F)cc1N. The number of nitrogens with zero attached hydrogens (tertiary/aromatic N) is 1. The number of rotatable bonds is 3. The molecule has 0 saturated heterocycles. The first kappa shape index (κ1) is 20.3. The predicted octanol–water partition coefficient (Wildman–Crippen LogP) is 6.37. The fraction of sp³-hybridized carbons (Fsp3) is 0.308. The number of carbonyl (C=O) groups is 1. The van der Waals surface area contributed by atoms with Gasteiger partial charge in [0.2, 0.25) is 0 Å². The standard InChI is InChI=1S/C26H25FN2OS/c1-3-15-10-20(22(27)11-23(15)28)17-6-7-19-25(14(17)2)18(16-4-5-16)8-9-24(30)21-12-29-13-31-26(19)21/h3,6-7,10-11,13,16,18H,1,4-5,8-9,12,28H2,2H3. The van der Waals surface area contributed by atoms with Crippen LogP contribution in [0.1, 0.15) is 53.9 Å². The van der Waals surface area contributed by atoms with Crippen molar-refractivity contribution in [3.8, 4) is 11.1 Å². The van der Waals surface area contributed by atoms with Crippen molar-refractivity contribution in [1.29, 1.82) is 0 Å². The molecular formula is C26H25FN2OS. The molecule has 0 spiro atoms. The molecule has 0 bridgehead atoms. The fourth-order valence-electron chi connectivity index (χ4n) is 5.04. The monoisotopic (exact) mass is 432 g/mol. The molecule has 3 aliphatic rings. The largest absolute Gasteiger partial charge is 0.398 e. The topological polar surface area (TPSA) is 55.5 Å². The molecular weight excluding hydrogens is 407 g/mol. The molecule has 2 aromatic carbocycles. The first-order valence-corrected chi connectivity index (χ1v) is 11.6. The zero-order chi connectivity index (χ0) is 21.7. The van der Waals surface area contributed by atoms with Gasteiger partial charge in [-0.3, -0.25) is 9.79 Å². The highest BCUT2D eigenvalue weighted by Crippen LogP contribution is 2.52. The Hall–Kier alpha value is -2.66. The molecule has 5 heteroatoms. The van der Waals surface area contributed by atoms with Gasteiger partial charge in [0.25, 0.3) is 0 Å². The smallest absolute Gasteiger partial charge is 0.161 e. The van der Waals surface area contributed by atoms with Gasteiger partial charge in [-0.05, 0) is 78.0 Å². The fourth-order valence-corrected chi connectivity index (χ4v) is 5.92. The number of Topliss-reactive ketones (excluding diaryl/α,β-unsaturated/α-hetero) is 1. The van der Waals surface area contributed by atoms with Crippen molar-refractivity contribution >= 4 is 39.8 Å². The van der Waals surface area contributed by atoms with Crippen molar-refractivity contribution in [3.05, 3.63) is 64.5 Å². The Kier molecular flexibility index (Phi) is 5.09. The number of carbonyl (C=O) groups excluding carboxylic acids is 1. The average molecular weight is 433 g/mol. The summed E-state index contributed by atoms with van der Waals surface area (Å²) in [7, 11) is 0. The third-order valence-electron chi connectivity index (χ3n) is 6.79. The lowest BCUT2D eigenvalue weighted by molar-refractivity contribution is -0.115. The number of anilines is 1. The van der Waals surface area contributed by atoms with Crippen LogP contribution in [0, 0.1) is 18.7 Å². The van der Waals surface area contributed by atoms with E-state index in [1.165, 1.54) is 36.2 Å². The van der Waals surface area contributed by atoms with Crippen LogP contribution in [0.5, 0.6) is 0 Å². The summed E-state index contributed by atoms with van der Waals surface area (Å²) in [6, 6.07) is 7.24. The highest BCUT2D eigenvalue weighted by molar-refractivity contribution is 8.20. The second-order valence-corrected chi connectivity index (χ2v) is 9.50. The molecule has 0 amide bonds. The number of nitrogens with two attached hydrogens (primary N) is 1. The van der Waals surface area contributed by atoms with Gasteiger partial charge in [-0.2, -0.15) is 0 Å². The molecule has 1 atom stereocenters. The number of nitrogen functional groups attached to an aromatic ring is 1. The molecule has 158 valence electrons. The number of aliphatic imine (C=N–C) groups is 1. The first-order chi connectivity index (χ1) is 15.0. The summed E-state index contributed by atoms with van der Waals surface area (Å²) in [5, 5.41) is 0. The highest BCUT2D eigenvalue weighted by Gasteiger charge is 2.38. The summed E-state index contributed by atoms with van der Waals surface area (Å²) in [5.41, 5.74) is 14.7. The molecule has 0 radical (unpaired) electrons. The Labute approximate surface area is 186 Å². The van der Waals surface area contributed by atoms with E-state index in [9.17, 15) is 4.79 Å². The lowest BCUT2D eigenvalue weighted by Crippen LogP contribution is -2.18. The molecule has 2 aliphatic carbocycles. The van der Waals surface area contributed by atoms with Crippen LogP contribution in [0.2, 0.25) is 0 Å². The zero-order valence-corrected chi connectivity index (χ0v) is 18.4. The summed E-state index contributed by atoms with van der Waals surface area (Å²) >= 11 is 1.54. The van der Waals surface area contributed by atoms with Crippen LogP contribution in [-0.4, -0.2) is 17.9 Å². The van der Waals surface area contributed by atoms with Crippen LogP contribution in [0.25, 0.3) is 22.1 Å². The van der Waals surface area contributed by atoms with Gasteiger partial charge in [0, 0.05) is 28.1 Å². The lowest BCUT2D eigenvalue weighted by Gasteiger charge is -2.29. The normalized spacial score (nSPS) is 20.7. The molecule has 1 aliphatic heterocycles. The van der Waals surface area contributed by atoms with Gasteiger partial charge in [0.15, 0.2) is 5.78 Å². The second kappa shape index (κ2) is 7.79. The van der Waals surface area contributed by atoms with Gasteiger partial charge in [0.1, 0.15) is 5.82 Å². The van der Waals surface area contributed by atoms with Crippen molar-refractivity contribution in [1.82, 2.24) is 0 Å². The molecule has 1 heterocycles. The van der Waals surface area contributed by atoms with Gasteiger partial charge < -0.3 is 5.73 Å². The maximum atomic E-state index is 15.0. The number of hydrogen-bond donors (Lipinski definition) is 1. The van der Waals surface area contributed by atoms with E-state index in [0.29, 0.717) is 36.1 Å². The van der Waals surface area contributed by atoms with Crippen LogP contribution in [-0.2, 0) is 4.79 Å². The van der Waals surface area contributed by atoms with E-state index in [4.69, 9.17) is 5.73 Å². The van der Waals surface area contributed by atoms with Gasteiger partial charge >= 0.3 is 0 Å². The van der Waals surface area contributed by atoms with Crippen molar-refractivity contribution in [2.75, 3.05) is 12.3 Å². The summed E-state index contributed by atoms with van der Waals surface area (Å²) in [6.45, 7) is 6.36. The van der Waals surface area contributed by atoms with Gasteiger partial charge in [-0.25, -0.2) is 4.39 Å². The Morgan fingerprint density at radius 3 is 2.71 bits per heavy atom. The predicted molar refractivity (Wildman–Crippen MR) is 129 cm³/mol. The van der Waals surface area contributed by atoms with E-state index >= 15 is 4.39 Å². The summed E-state index contributed by atoms with van der Waals surface area (Å²) < 4.78 is 15.0. The zero-order valence-electron chi connectivity index (χ0n) is 17.6. The van der Waals surface area contributed by atoms with Crippen molar-refractivity contribution in [2.24, 2.45) is 10.9 Å². The molecule has 31 heavy (non-hydrogen) atoms. The molecule has 2 aromatic rings. The van der Waals surface area contributed by atoms with Crippen LogP contribution in [0.4, 0.5) is 10.1 Å². The number of halogens is 1. The number of thioether (sulfide) groups is 1. The van der Waals surface area contributed by atoms with Gasteiger partial charge in [-0.15, -0.1) is 0 Å².